The van der Waals surface area contributed by atoms with Crippen LogP contribution in [0.25, 0.3) is 0 Å². The Morgan fingerprint density at radius 1 is 1.50 bits per heavy atom. The molecule has 2 fully saturated rings. The molecule has 0 saturated carbocycles. The van der Waals surface area contributed by atoms with Crippen molar-refractivity contribution in [2.24, 2.45) is 0 Å². The molecule has 0 radical (unpaired) electrons. The SMILES string of the molecule is Cc1cn([C@H]2C[C@@]3(O)CCONC[C@]3(CO)O2)c(=O)[nH]c1=O. The Balaban J connectivity index is 2.01. The highest BCUT2D eigenvalue weighted by atomic mass is 16.7. The molecule has 0 bridgehead atoms. The van der Waals surface area contributed by atoms with Crippen molar-refractivity contribution in [1.82, 2.24) is 15.0 Å². The number of H-pyrrole nitrogens is 1. The van der Waals surface area contributed by atoms with Crippen LogP contribution in [0.1, 0.15) is 24.6 Å². The summed E-state index contributed by atoms with van der Waals surface area (Å²) in [6, 6.07) is 0. The van der Waals surface area contributed by atoms with Crippen LogP contribution >= 0.6 is 0 Å². The second-order valence-corrected chi connectivity index (χ2v) is 5.86. The van der Waals surface area contributed by atoms with Crippen LogP contribution in [-0.2, 0) is 9.57 Å². The highest BCUT2D eigenvalue weighted by Crippen LogP contribution is 2.46. The first-order valence-electron chi connectivity index (χ1n) is 7.09. The molecule has 9 heteroatoms. The molecule has 1 aromatic heterocycles. The number of hydroxylamine groups is 1. The first-order chi connectivity index (χ1) is 10.4. The summed E-state index contributed by atoms with van der Waals surface area (Å²) in [5, 5.41) is 20.6. The maximum atomic E-state index is 12.0. The first-order valence-corrected chi connectivity index (χ1v) is 7.09. The van der Waals surface area contributed by atoms with Crippen molar-refractivity contribution in [2.45, 2.75) is 37.2 Å². The molecule has 9 nitrogen and oxygen atoms in total. The largest absolute Gasteiger partial charge is 0.393 e. The maximum absolute atomic E-state index is 12.0. The van der Waals surface area contributed by atoms with Gasteiger partial charge in [0.25, 0.3) is 5.56 Å². The van der Waals surface area contributed by atoms with Gasteiger partial charge in [0.1, 0.15) is 17.4 Å². The third-order valence-electron chi connectivity index (χ3n) is 4.51. The summed E-state index contributed by atoms with van der Waals surface area (Å²) in [5.41, 5.74) is -0.657. The minimum atomic E-state index is -1.33. The van der Waals surface area contributed by atoms with Gasteiger partial charge in [-0.25, -0.2) is 4.79 Å². The second kappa shape index (κ2) is 5.28. The summed E-state index contributed by atoms with van der Waals surface area (Å²) in [6.45, 7) is 1.50. The van der Waals surface area contributed by atoms with E-state index in [1.165, 1.54) is 10.8 Å². The fourth-order valence-electron chi connectivity index (χ4n) is 3.08. The van der Waals surface area contributed by atoms with Crippen molar-refractivity contribution in [3.63, 3.8) is 0 Å². The highest BCUT2D eigenvalue weighted by Gasteiger charge is 2.60. The molecule has 0 unspecified atom stereocenters. The van der Waals surface area contributed by atoms with Gasteiger partial charge >= 0.3 is 5.69 Å². The Hall–Kier alpha value is -1.52. The number of aliphatic hydroxyl groups excluding tert-OH is 1. The minimum Gasteiger partial charge on any atom is -0.393 e. The van der Waals surface area contributed by atoms with Crippen LogP contribution < -0.4 is 16.7 Å². The summed E-state index contributed by atoms with van der Waals surface area (Å²) in [7, 11) is 0. The van der Waals surface area contributed by atoms with Gasteiger partial charge in [0.05, 0.1) is 19.8 Å². The molecule has 0 amide bonds. The van der Waals surface area contributed by atoms with Gasteiger partial charge in [-0.2, -0.15) is 5.48 Å². The third kappa shape index (κ3) is 2.22. The lowest BCUT2D eigenvalue weighted by Gasteiger charge is -2.36. The Labute approximate surface area is 125 Å². The summed E-state index contributed by atoms with van der Waals surface area (Å²) < 4.78 is 7.08. The van der Waals surface area contributed by atoms with Gasteiger partial charge in [-0.05, 0) is 6.92 Å². The van der Waals surface area contributed by atoms with E-state index in [4.69, 9.17) is 9.57 Å². The highest BCUT2D eigenvalue weighted by molar-refractivity contribution is 5.10. The van der Waals surface area contributed by atoms with E-state index in [-0.39, 0.29) is 26.0 Å². The van der Waals surface area contributed by atoms with Crippen molar-refractivity contribution < 1.29 is 19.8 Å². The zero-order valence-electron chi connectivity index (χ0n) is 12.2. The van der Waals surface area contributed by atoms with Crippen LogP contribution in [0.3, 0.4) is 0 Å². The molecule has 22 heavy (non-hydrogen) atoms. The number of aromatic nitrogens is 2. The number of ether oxygens (including phenoxy) is 1. The summed E-state index contributed by atoms with van der Waals surface area (Å²) in [4.78, 5) is 30.8. The van der Waals surface area contributed by atoms with Crippen LogP contribution in [0, 0.1) is 6.92 Å². The van der Waals surface area contributed by atoms with Crippen LogP contribution in [-0.4, -0.2) is 50.7 Å². The van der Waals surface area contributed by atoms with E-state index in [0.717, 1.165) is 0 Å². The molecule has 0 spiro atoms. The predicted octanol–water partition coefficient (Wildman–Crippen LogP) is -1.85. The Morgan fingerprint density at radius 3 is 3.00 bits per heavy atom. The van der Waals surface area contributed by atoms with E-state index >= 15 is 0 Å². The van der Waals surface area contributed by atoms with E-state index in [2.05, 4.69) is 10.5 Å². The van der Waals surface area contributed by atoms with Gasteiger partial charge in [-0.15, -0.1) is 0 Å². The number of nitrogens with zero attached hydrogens (tertiary/aromatic N) is 1. The summed E-state index contributed by atoms with van der Waals surface area (Å²) >= 11 is 0. The monoisotopic (exact) mass is 313 g/mol. The molecule has 2 aliphatic heterocycles. The molecular formula is C13H19N3O6. The lowest BCUT2D eigenvalue weighted by molar-refractivity contribution is -0.162. The predicted molar refractivity (Wildman–Crippen MR) is 74.1 cm³/mol. The van der Waals surface area contributed by atoms with Crippen molar-refractivity contribution >= 4 is 0 Å². The van der Waals surface area contributed by atoms with Crippen molar-refractivity contribution in [3.05, 3.63) is 32.6 Å². The van der Waals surface area contributed by atoms with E-state index in [9.17, 15) is 19.8 Å². The molecule has 1 aromatic rings. The van der Waals surface area contributed by atoms with E-state index in [1.807, 2.05) is 0 Å². The van der Waals surface area contributed by atoms with Crippen LogP contribution in [0.4, 0.5) is 0 Å². The van der Waals surface area contributed by atoms with Crippen LogP contribution in [0.2, 0.25) is 0 Å². The standard InChI is InChI=1S/C13H19N3O6/c1-8-5-16(11(19)15-10(8)18)9-4-12(20)2-3-21-14-6-13(12,7-17)22-9/h5,9,14,17,20H,2-4,6-7H2,1H3,(H,15,18,19)/t9-,12+,13-/m1/s1. The van der Waals surface area contributed by atoms with Crippen molar-refractivity contribution in [1.29, 1.82) is 0 Å². The van der Waals surface area contributed by atoms with Gasteiger partial charge in [0.15, 0.2) is 0 Å². The van der Waals surface area contributed by atoms with Crippen LogP contribution in [0.5, 0.6) is 0 Å². The Bertz CT molecular complexity index is 685. The maximum Gasteiger partial charge on any atom is 0.330 e. The number of hydrogen-bond donors (Lipinski definition) is 4. The molecule has 4 N–H and O–H groups in total. The van der Waals surface area contributed by atoms with Gasteiger partial charge in [-0.3, -0.25) is 14.3 Å². The first kappa shape index (κ1) is 15.4. The number of aryl methyl sites for hydroxylation is 1. The second-order valence-electron chi connectivity index (χ2n) is 5.86. The summed E-state index contributed by atoms with van der Waals surface area (Å²) in [6.07, 6.45) is 0.994. The van der Waals surface area contributed by atoms with Gasteiger partial charge in [-0.1, -0.05) is 0 Å². The zero-order chi connectivity index (χ0) is 16.0. The molecule has 2 saturated heterocycles. The normalized spacial score (nSPS) is 35.1. The van der Waals surface area contributed by atoms with Crippen molar-refractivity contribution in [3.8, 4) is 0 Å². The van der Waals surface area contributed by atoms with Crippen LogP contribution in [0.15, 0.2) is 15.8 Å². The molecule has 0 aliphatic carbocycles. The van der Waals surface area contributed by atoms with Gasteiger partial charge in [0.2, 0.25) is 0 Å². The summed E-state index contributed by atoms with van der Waals surface area (Å²) in [5.74, 6) is 0. The lowest BCUT2D eigenvalue weighted by atomic mass is 9.80. The number of aromatic amines is 1. The number of hydrogen-bond acceptors (Lipinski definition) is 7. The molecule has 3 atom stereocenters. The lowest BCUT2D eigenvalue weighted by Crippen LogP contribution is -2.57. The molecular weight excluding hydrogens is 294 g/mol. The van der Waals surface area contributed by atoms with E-state index in [0.29, 0.717) is 5.56 Å². The quantitative estimate of drug-likeness (QED) is 0.505. The van der Waals surface area contributed by atoms with E-state index in [1.54, 1.807) is 6.92 Å². The molecule has 3 heterocycles. The minimum absolute atomic E-state index is 0.0909. The third-order valence-corrected chi connectivity index (χ3v) is 4.51. The fourth-order valence-corrected chi connectivity index (χ4v) is 3.08. The van der Waals surface area contributed by atoms with Gasteiger partial charge in [0, 0.05) is 24.6 Å². The number of fused-ring (bicyclic) bond motifs is 1. The smallest absolute Gasteiger partial charge is 0.330 e. The Kier molecular flexibility index (Phi) is 3.69. The molecule has 3 rings (SSSR count). The van der Waals surface area contributed by atoms with Gasteiger partial charge < -0.3 is 19.8 Å². The number of rotatable bonds is 2. The number of nitrogens with one attached hydrogen (secondary N) is 2. The van der Waals surface area contributed by atoms with Crippen molar-refractivity contribution in [2.75, 3.05) is 19.8 Å². The number of aliphatic hydroxyl groups is 2. The molecule has 0 aromatic carbocycles. The average Bonchev–Trinajstić information content (AvgIpc) is 2.66. The fraction of sp³-hybridized carbons (Fsp3) is 0.692. The molecule has 122 valence electrons. The van der Waals surface area contributed by atoms with E-state index < -0.39 is 35.3 Å². The average molecular weight is 313 g/mol. The Morgan fingerprint density at radius 2 is 2.27 bits per heavy atom. The molecule has 2 aliphatic rings. The zero-order valence-corrected chi connectivity index (χ0v) is 12.2. The topological polar surface area (TPSA) is 126 Å².